The van der Waals surface area contributed by atoms with Crippen LogP contribution in [0.3, 0.4) is 0 Å². The van der Waals surface area contributed by atoms with Gasteiger partial charge in [-0.3, -0.25) is 0 Å². The van der Waals surface area contributed by atoms with E-state index in [9.17, 15) is 0 Å². The van der Waals surface area contributed by atoms with Crippen molar-refractivity contribution in [2.75, 3.05) is 13.2 Å². The van der Waals surface area contributed by atoms with E-state index in [0.717, 1.165) is 6.54 Å². The van der Waals surface area contributed by atoms with Crippen LogP contribution in [0.15, 0.2) is 0 Å². The van der Waals surface area contributed by atoms with Crippen molar-refractivity contribution < 1.29 is 5.11 Å². The molecule has 3 nitrogen and oxygen atoms in total. The molecule has 4 N–H and O–H groups in total. The molecule has 44 valence electrons. The molecule has 1 unspecified atom stereocenters. The molecule has 0 fully saturated rings. The van der Waals surface area contributed by atoms with Crippen LogP contribution >= 0.6 is 0 Å². The Labute approximate surface area is 43.5 Å². The van der Waals surface area contributed by atoms with Crippen LogP contribution in [0.25, 0.3) is 0 Å². The van der Waals surface area contributed by atoms with Gasteiger partial charge in [0.05, 0.1) is 12.8 Å². The standard InChI is InChI=1S/C4H12N2O/c1-2-6-4(5)3-7/h4,6-7H,2-3,5H2,1H3. The molecular formula is C4H12N2O. The molecule has 0 aromatic carbocycles. The fourth-order valence-electron chi connectivity index (χ4n) is 0.327. The molecule has 0 aliphatic heterocycles. The van der Waals surface area contributed by atoms with Crippen molar-refractivity contribution in [3.05, 3.63) is 0 Å². The van der Waals surface area contributed by atoms with Crippen LogP contribution in [0.1, 0.15) is 6.92 Å². The second kappa shape index (κ2) is 4.05. The van der Waals surface area contributed by atoms with Gasteiger partial charge in [0.2, 0.25) is 0 Å². The van der Waals surface area contributed by atoms with Crippen molar-refractivity contribution in [2.24, 2.45) is 5.73 Å². The maximum absolute atomic E-state index is 8.28. The average Bonchev–Trinajstić information content (AvgIpc) is 1.68. The van der Waals surface area contributed by atoms with Crippen molar-refractivity contribution in [1.29, 1.82) is 0 Å². The van der Waals surface area contributed by atoms with Gasteiger partial charge in [0.1, 0.15) is 0 Å². The van der Waals surface area contributed by atoms with Gasteiger partial charge >= 0.3 is 0 Å². The third kappa shape index (κ3) is 3.72. The SMILES string of the molecule is CCNC(N)CO. The summed E-state index contributed by atoms with van der Waals surface area (Å²) >= 11 is 0. The van der Waals surface area contributed by atoms with Crippen molar-refractivity contribution in [2.45, 2.75) is 13.1 Å². The van der Waals surface area contributed by atoms with E-state index < -0.39 is 0 Å². The Morgan fingerprint density at radius 3 is 2.57 bits per heavy atom. The second-order valence-corrected chi connectivity index (χ2v) is 1.35. The quantitative estimate of drug-likeness (QED) is 0.397. The highest BCUT2D eigenvalue weighted by molar-refractivity contribution is 4.51. The van der Waals surface area contributed by atoms with Gasteiger partial charge in [0.25, 0.3) is 0 Å². The minimum Gasteiger partial charge on any atom is -0.393 e. The Morgan fingerprint density at radius 2 is 2.43 bits per heavy atom. The highest BCUT2D eigenvalue weighted by Crippen LogP contribution is 1.63. The first kappa shape index (κ1) is 6.88. The van der Waals surface area contributed by atoms with E-state index in [2.05, 4.69) is 5.32 Å². The third-order valence-corrected chi connectivity index (χ3v) is 0.663. The number of aliphatic hydroxyl groups excluding tert-OH is 1. The first-order chi connectivity index (χ1) is 3.31. The molecule has 0 aliphatic carbocycles. The molecule has 0 saturated carbocycles. The number of hydrogen-bond acceptors (Lipinski definition) is 3. The Balaban J connectivity index is 2.83. The van der Waals surface area contributed by atoms with E-state index >= 15 is 0 Å². The van der Waals surface area contributed by atoms with Crippen molar-refractivity contribution in [3.63, 3.8) is 0 Å². The molecule has 1 atom stereocenters. The Kier molecular flexibility index (Phi) is 3.98. The number of nitrogens with two attached hydrogens (primary N) is 1. The number of hydrogen-bond donors (Lipinski definition) is 3. The highest BCUT2D eigenvalue weighted by atomic mass is 16.3. The van der Waals surface area contributed by atoms with Gasteiger partial charge in [-0.25, -0.2) is 0 Å². The number of aliphatic hydroxyl groups is 1. The first-order valence-electron chi connectivity index (χ1n) is 2.41. The molecule has 0 aromatic heterocycles. The van der Waals surface area contributed by atoms with Gasteiger partial charge in [0.15, 0.2) is 0 Å². The molecule has 0 aliphatic rings. The fourth-order valence-corrected chi connectivity index (χ4v) is 0.327. The largest absolute Gasteiger partial charge is 0.393 e. The minimum absolute atomic E-state index is 0.00778. The molecule has 0 spiro atoms. The summed E-state index contributed by atoms with van der Waals surface area (Å²) in [5.41, 5.74) is 5.22. The topological polar surface area (TPSA) is 58.3 Å². The smallest absolute Gasteiger partial charge is 0.0785 e. The van der Waals surface area contributed by atoms with Crippen LogP contribution < -0.4 is 11.1 Å². The lowest BCUT2D eigenvalue weighted by atomic mass is 10.5. The van der Waals surface area contributed by atoms with Crippen LogP contribution in [0.4, 0.5) is 0 Å². The molecular weight excluding hydrogens is 92.1 g/mol. The van der Waals surface area contributed by atoms with Gasteiger partial charge in [0, 0.05) is 0 Å². The molecule has 0 rings (SSSR count). The first-order valence-corrected chi connectivity index (χ1v) is 2.41. The Bertz CT molecular complexity index is 40.7. The minimum atomic E-state index is -0.245. The van der Waals surface area contributed by atoms with E-state index in [-0.39, 0.29) is 12.8 Å². The molecule has 0 aromatic rings. The lowest BCUT2D eigenvalue weighted by Crippen LogP contribution is -2.40. The van der Waals surface area contributed by atoms with Gasteiger partial charge < -0.3 is 16.2 Å². The normalized spacial score (nSPS) is 14.1. The van der Waals surface area contributed by atoms with Gasteiger partial charge in [-0.2, -0.15) is 0 Å². The van der Waals surface area contributed by atoms with E-state index in [0.29, 0.717) is 0 Å². The van der Waals surface area contributed by atoms with Crippen LogP contribution in [-0.4, -0.2) is 24.4 Å². The zero-order valence-corrected chi connectivity index (χ0v) is 4.52. The summed E-state index contributed by atoms with van der Waals surface area (Å²) in [5.74, 6) is 0. The van der Waals surface area contributed by atoms with Gasteiger partial charge in [-0.1, -0.05) is 6.92 Å². The summed E-state index contributed by atoms with van der Waals surface area (Å²) in [5, 5.41) is 11.1. The molecule has 0 radical (unpaired) electrons. The van der Waals surface area contributed by atoms with E-state index in [1.165, 1.54) is 0 Å². The Hall–Kier alpha value is -0.120. The summed E-state index contributed by atoms with van der Waals surface area (Å²) in [4.78, 5) is 0. The second-order valence-electron chi connectivity index (χ2n) is 1.35. The van der Waals surface area contributed by atoms with Crippen LogP contribution in [0, 0.1) is 0 Å². The molecule has 0 heterocycles. The molecule has 7 heavy (non-hydrogen) atoms. The van der Waals surface area contributed by atoms with Crippen molar-refractivity contribution >= 4 is 0 Å². The predicted molar refractivity (Wildman–Crippen MR) is 28.7 cm³/mol. The summed E-state index contributed by atoms with van der Waals surface area (Å²) < 4.78 is 0. The summed E-state index contributed by atoms with van der Waals surface area (Å²) in [7, 11) is 0. The molecule has 0 bridgehead atoms. The lowest BCUT2D eigenvalue weighted by molar-refractivity contribution is 0.247. The molecule has 0 saturated heterocycles. The Morgan fingerprint density at radius 1 is 1.86 bits per heavy atom. The van der Waals surface area contributed by atoms with Gasteiger partial charge in [-0.05, 0) is 6.54 Å². The van der Waals surface area contributed by atoms with Gasteiger partial charge in [-0.15, -0.1) is 0 Å². The zero-order chi connectivity index (χ0) is 5.70. The van der Waals surface area contributed by atoms with E-state index in [4.69, 9.17) is 10.8 Å². The zero-order valence-electron chi connectivity index (χ0n) is 4.52. The summed E-state index contributed by atoms with van der Waals surface area (Å²) in [6.07, 6.45) is -0.245. The predicted octanol–water partition coefficient (Wildman–Crippen LogP) is -1.13. The highest BCUT2D eigenvalue weighted by Gasteiger charge is 1.91. The molecule has 0 amide bonds. The van der Waals surface area contributed by atoms with Crippen molar-refractivity contribution in [1.82, 2.24) is 5.32 Å². The summed E-state index contributed by atoms with van der Waals surface area (Å²) in [6.45, 7) is 2.76. The van der Waals surface area contributed by atoms with Crippen LogP contribution in [0.5, 0.6) is 0 Å². The monoisotopic (exact) mass is 104 g/mol. The number of rotatable bonds is 3. The maximum Gasteiger partial charge on any atom is 0.0785 e. The summed E-state index contributed by atoms with van der Waals surface area (Å²) in [6, 6.07) is 0. The van der Waals surface area contributed by atoms with Crippen LogP contribution in [-0.2, 0) is 0 Å². The van der Waals surface area contributed by atoms with Crippen LogP contribution in [0.2, 0.25) is 0 Å². The number of likely N-dealkylation sites (N-methyl/N-ethyl adjacent to an activating group) is 1. The maximum atomic E-state index is 8.28. The average molecular weight is 104 g/mol. The van der Waals surface area contributed by atoms with E-state index in [1.807, 2.05) is 6.92 Å². The lowest BCUT2D eigenvalue weighted by Gasteiger charge is -2.05. The van der Waals surface area contributed by atoms with Crippen molar-refractivity contribution in [3.8, 4) is 0 Å². The molecule has 3 heteroatoms. The fraction of sp³-hybridized carbons (Fsp3) is 1.00. The van der Waals surface area contributed by atoms with E-state index in [1.54, 1.807) is 0 Å². The number of nitrogens with one attached hydrogen (secondary N) is 1. The third-order valence-electron chi connectivity index (χ3n) is 0.663.